The van der Waals surface area contributed by atoms with Gasteiger partial charge in [0.25, 0.3) is 5.91 Å². The molecule has 0 radical (unpaired) electrons. The normalized spacial score (nSPS) is 12.5. The number of amides is 1. The van der Waals surface area contributed by atoms with E-state index < -0.39 is 6.10 Å². The van der Waals surface area contributed by atoms with Gasteiger partial charge in [-0.15, -0.1) is 11.3 Å². The third-order valence-corrected chi connectivity index (χ3v) is 2.62. The Labute approximate surface area is 80.6 Å². The van der Waals surface area contributed by atoms with Crippen LogP contribution in [0.3, 0.4) is 0 Å². The van der Waals surface area contributed by atoms with Crippen molar-refractivity contribution in [2.24, 2.45) is 5.73 Å². The second-order valence-corrected chi connectivity index (χ2v) is 3.53. The molecule has 0 fully saturated rings. The van der Waals surface area contributed by atoms with Crippen LogP contribution in [0, 0.1) is 0 Å². The van der Waals surface area contributed by atoms with Crippen molar-refractivity contribution < 1.29 is 9.90 Å². The highest BCUT2D eigenvalue weighted by Crippen LogP contribution is 2.19. The number of nitrogens with zero attached hydrogens (tertiary/aromatic N) is 1. The maximum atomic E-state index is 11.4. The number of aliphatic hydroxyl groups is 1. The fourth-order valence-corrected chi connectivity index (χ4v) is 1.60. The van der Waals surface area contributed by atoms with E-state index in [0.717, 1.165) is 5.00 Å². The van der Waals surface area contributed by atoms with Gasteiger partial charge in [0.1, 0.15) is 6.10 Å². The monoisotopic (exact) mass is 200 g/mol. The van der Waals surface area contributed by atoms with Crippen molar-refractivity contribution in [3.63, 3.8) is 0 Å². The predicted octanol–water partition coefficient (Wildman–Crippen LogP) is 0.0305. The van der Waals surface area contributed by atoms with E-state index in [2.05, 4.69) is 0 Å². The van der Waals surface area contributed by atoms with Crippen LogP contribution in [0.2, 0.25) is 0 Å². The second kappa shape index (κ2) is 4.36. The summed E-state index contributed by atoms with van der Waals surface area (Å²) in [5, 5.41) is 11.9. The van der Waals surface area contributed by atoms with Gasteiger partial charge in [0.05, 0.1) is 5.00 Å². The van der Waals surface area contributed by atoms with Crippen LogP contribution >= 0.6 is 11.3 Å². The van der Waals surface area contributed by atoms with Gasteiger partial charge in [0.2, 0.25) is 0 Å². The summed E-state index contributed by atoms with van der Waals surface area (Å²) in [6.45, 7) is -0.0471. The first-order chi connectivity index (χ1) is 6.16. The van der Waals surface area contributed by atoms with Gasteiger partial charge in [-0.2, -0.15) is 0 Å². The van der Waals surface area contributed by atoms with Crippen LogP contribution in [0.15, 0.2) is 17.5 Å². The summed E-state index contributed by atoms with van der Waals surface area (Å²) in [5.41, 5.74) is 5.17. The van der Waals surface area contributed by atoms with E-state index in [9.17, 15) is 9.90 Å². The summed E-state index contributed by atoms with van der Waals surface area (Å²) in [6.07, 6.45) is -1.10. The van der Waals surface area contributed by atoms with Gasteiger partial charge in [0.15, 0.2) is 0 Å². The van der Waals surface area contributed by atoms with Gasteiger partial charge in [-0.25, -0.2) is 0 Å². The smallest absolute Gasteiger partial charge is 0.257 e. The zero-order valence-electron chi connectivity index (χ0n) is 7.30. The molecular formula is C8H12N2O2S. The first-order valence-corrected chi connectivity index (χ1v) is 4.74. The molecule has 1 aromatic heterocycles. The molecule has 0 saturated heterocycles. The van der Waals surface area contributed by atoms with E-state index in [-0.39, 0.29) is 12.5 Å². The van der Waals surface area contributed by atoms with Gasteiger partial charge >= 0.3 is 0 Å². The van der Waals surface area contributed by atoms with Crippen LogP contribution in [0.25, 0.3) is 0 Å². The second-order valence-electron chi connectivity index (χ2n) is 2.60. The molecule has 3 N–H and O–H groups in total. The van der Waals surface area contributed by atoms with E-state index in [1.165, 1.54) is 16.2 Å². The Morgan fingerprint density at radius 1 is 1.85 bits per heavy atom. The zero-order chi connectivity index (χ0) is 9.84. The van der Waals surface area contributed by atoms with Crippen LogP contribution in [0.5, 0.6) is 0 Å². The highest BCUT2D eigenvalue weighted by atomic mass is 32.1. The minimum absolute atomic E-state index is 0.0471. The molecule has 0 aliphatic rings. The minimum atomic E-state index is -1.10. The number of carbonyl (C=O) groups is 1. The topological polar surface area (TPSA) is 66.6 Å². The van der Waals surface area contributed by atoms with Gasteiger partial charge in [-0.3, -0.25) is 4.79 Å². The van der Waals surface area contributed by atoms with Crippen LogP contribution in [0.1, 0.15) is 0 Å². The Kier molecular flexibility index (Phi) is 3.41. The zero-order valence-corrected chi connectivity index (χ0v) is 8.12. The number of likely N-dealkylation sites (N-methyl/N-ethyl adjacent to an activating group) is 1. The molecule has 0 aliphatic carbocycles. The third-order valence-electron chi connectivity index (χ3n) is 1.68. The summed E-state index contributed by atoms with van der Waals surface area (Å²) < 4.78 is 0. The molecule has 0 spiro atoms. The Morgan fingerprint density at radius 3 is 3.00 bits per heavy atom. The van der Waals surface area contributed by atoms with Crippen LogP contribution in [-0.4, -0.2) is 30.7 Å². The number of nitrogens with two attached hydrogens (primary N) is 1. The average molecular weight is 200 g/mol. The van der Waals surface area contributed by atoms with Gasteiger partial charge < -0.3 is 15.7 Å². The molecule has 1 rings (SSSR count). The van der Waals surface area contributed by atoms with E-state index in [0.29, 0.717) is 0 Å². The lowest BCUT2D eigenvalue weighted by atomic mass is 10.3. The summed E-state index contributed by atoms with van der Waals surface area (Å²) in [5.74, 6) is -0.370. The third kappa shape index (κ3) is 2.27. The van der Waals surface area contributed by atoms with Crippen molar-refractivity contribution >= 4 is 22.2 Å². The SMILES string of the molecule is CN(C(=O)C(O)CN)c1cccs1. The summed E-state index contributed by atoms with van der Waals surface area (Å²) in [4.78, 5) is 12.8. The number of hydrogen-bond acceptors (Lipinski definition) is 4. The summed E-state index contributed by atoms with van der Waals surface area (Å²) in [7, 11) is 1.62. The quantitative estimate of drug-likeness (QED) is 0.723. The Bertz CT molecular complexity index is 274. The molecule has 13 heavy (non-hydrogen) atoms. The molecule has 1 amide bonds. The Balaban J connectivity index is 2.68. The van der Waals surface area contributed by atoms with Gasteiger partial charge in [0, 0.05) is 13.6 Å². The molecule has 0 bridgehead atoms. The molecule has 0 aromatic carbocycles. The molecular weight excluding hydrogens is 188 g/mol. The summed E-state index contributed by atoms with van der Waals surface area (Å²) in [6, 6.07) is 3.66. The fourth-order valence-electron chi connectivity index (χ4n) is 0.894. The molecule has 1 atom stereocenters. The van der Waals surface area contributed by atoms with Gasteiger partial charge in [-0.1, -0.05) is 0 Å². The van der Waals surface area contributed by atoms with E-state index >= 15 is 0 Å². The lowest BCUT2D eigenvalue weighted by Crippen LogP contribution is -2.40. The first-order valence-electron chi connectivity index (χ1n) is 3.86. The maximum Gasteiger partial charge on any atom is 0.257 e. The van der Waals surface area contributed by atoms with E-state index in [1.54, 1.807) is 7.05 Å². The van der Waals surface area contributed by atoms with Crippen molar-refractivity contribution in [1.29, 1.82) is 0 Å². The van der Waals surface area contributed by atoms with E-state index in [4.69, 9.17) is 5.73 Å². The maximum absolute atomic E-state index is 11.4. The minimum Gasteiger partial charge on any atom is -0.382 e. The largest absolute Gasteiger partial charge is 0.382 e. The van der Waals surface area contributed by atoms with Crippen molar-refractivity contribution in [2.45, 2.75) is 6.10 Å². The Hall–Kier alpha value is -0.910. The number of carbonyl (C=O) groups excluding carboxylic acids is 1. The predicted molar refractivity (Wildman–Crippen MR) is 52.8 cm³/mol. The average Bonchev–Trinajstić information content (AvgIpc) is 2.67. The first kappa shape index (κ1) is 10.2. The number of thiophene rings is 1. The number of rotatable bonds is 3. The number of anilines is 1. The molecule has 4 nitrogen and oxygen atoms in total. The van der Waals surface area contributed by atoms with Crippen molar-refractivity contribution in [1.82, 2.24) is 0 Å². The highest BCUT2D eigenvalue weighted by molar-refractivity contribution is 7.14. The molecule has 5 heteroatoms. The molecule has 1 heterocycles. The van der Waals surface area contributed by atoms with Gasteiger partial charge in [-0.05, 0) is 17.5 Å². The number of hydrogen-bond donors (Lipinski definition) is 2. The Morgan fingerprint density at radius 2 is 2.54 bits per heavy atom. The standard InChI is InChI=1S/C8H12N2O2S/c1-10(7-3-2-4-13-7)8(12)6(11)5-9/h2-4,6,11H,5,9H2,1H3. The lowest BCUT2D eigenvalue weighted by molar-refractivity contribution is -0.125. The van der Waals surface area contributed by atoms with Crippen LogP contribution in [-0.2, 0) is 4.79 Å². The van der Waals surface area contributed by atoms with Crippen molar-refractivity contribution in [3.8, 4) is 0 Å². The van der Waals surface area contributed by atoms with Crippen molar-refractivity contribution in [3.05, 3.63) is 17.5 Å². The lowest BCUT2D eigenvalue weighted by Gasteiger charge is -2.17. The molecule has 72 valence electrons. The fraction of sp³-hybridized carbons (Fsp3) is 0.375. The summed E-state index contributed by atoms with van der Waals surface area (Å²) >= 11 is 1.44. The van der Waals surface area contributed by atoms with E-state index in [1.807, 2.05) is 17.5 Å². The molecule has 0 aliphatic heterocycles. The van der Waals surface area contributed by atoms with Crippen LogP contribution in [0.4, 0.5) is 5.00 Å². The molecule has 1 aromatic rings. The van der Waals surface area contributed by atoms with Crippen LogP contribution < -0.4 is 10.6 Å². The number of aliphatic hydroxyl groups excluding tert-OH is 1. The van der Waals surface area contributed by atoms with Crippen molar-refractivity contribution in [2.75, 3.05) is 18.5 Å². The molecule has 1 unspecified atom stereocenters. The molecule has 0 saturated carbocycles. The highest BCUT2D eigenvalue weighted by Gasteiger charge is 2.19.